The molecule has 1 heterocycles. The molecule has 0 aliphatic carbocycles. The van der Waals surface area contributed by atoms with Gasteiger partial charge in [-0.2, -0.15) is 8.78 Å². The second-order valence-electron chi connectivity index (χ2n) is 5.97. The number of rotatable bonds is 3. The normalized spacial score (nSPS) is 16.6. The van der Waals surface area contributed by atoms with Gasteiger partial charge in [-0.3, -0.25) is 4.79 Å². The maximum atomic E-state index is 12.7. The Kier molecular flexibility index (Phi) is 3.84. The van der Waals surface area contributed by atoms with Crippen LogP contribution in [0.1, 0.15) is 23.5 Å². The first-order chi connectivity index (χ1) is 12.1. The molecule has 1 amide bonds. The summed E-state index contributed by atoms with van der Waals surface area (Å²) in [5.74, 6) is -0.361. The largest absolute Gasteiger partial charge is 0.435 e. The summed E-state index contributed by atoms with van der Waals surface area (Å²) >= 11 is 0. The fourth-order valence-electron chi connectivity index (χ4n) is 3.45. The minimum atomic E-state index is -2.91. The van der Waals surface area contributed by atoms with Gasteiger partial charge in [0.05, 0.1) is 5.69 Å². The molecule has 0 radical (unpaired) electrons. The topological polar surface area (TPSA) is 38.3 Å². The van der Waals surface area contributed by atoms with E-state index in [4.69, 9.17) is 0 Å². The molecular formula is C20H15F2NO2. The van der Waals surface area contributed by atoms with Crippen molar-refractivity contribution in [1.82, 2.24) is 0 Å². The first-order valence-corrected chi connectivity index (χ1v) is 7.98. The minimum Gasteiger partial charge on any atom is -0.435 e. The lowest BCUT2D eigenvalue weighted by Crippen LogP contribution is -2.24. The molecule has 1 aliphatic rings. The summed E-state index contributed by atoms with van der Waals surface area (Å²) in [4.78, 5) is 12.3. The number of amides is 1. The first-order valence-electron chi connectivity index (χ1n) is 7.98. The Morgan fingerprint density at radius 2 is 1.72 bits per heavy atom. The zero-order valence-electron chi connectivity index (χ0n) is 13.2. The van der Waals surface area contributed by atoms with Crippen LogP contribution in [-0.4, -0.2) is 12.5 Å². The van der Waals surface area contributed by atoms with Crippen LogP contribution >= 0.6 is 0 Å². The molecule has 3 aromatic rings. The van der Waals surface area contributed by atoms with Crippen molar-refractivity contribution in [2.24, 2.45) is 0 Å². The Hall–Kier alpha value is -2.95. The highest BCUT2D eigenvalue weighted by atomic mass is 19.3. The van der Waals surface area contributed by atoms with Gasteiger partial charge in [0.2, 0.25) is 5.91 Å². The average molecular weight is 339 g/mol. The van der Waals surface area contributed by atoms with E-state index in [1.165, 1.54) is 6.07 Å². The van der Waals surface area contributed by atoms with E-state index in [0.29, 0.717) is 5.56 Å². The Labute approximate surface area is 143 Å². The maximum absolute atomic E-state index is 12.7. The number of nitrogens with one attached hydrogen (secondary N) is 1. The van der Waals surface area contributed by atoms with E-state index in [2.05, 4.69) is 10.1 Å². The predicted molar refractivity (Wildman–Crippen MR) is 92.1 cm³/mol. The summed E-state index contributed by atoms with van der Waals surface area (Å²) in [6.07, 6.45) is 0.189. The van der Waals surface area contributed by atoms with E-state index in [0.717, 1.165) is 22.0 Å². The van der Waals surface area contributed by atoms with E-state index in [9.17, 15) is 13.6 Å². The molecule has 1 aliphatic heterocycles. The van der Waals surface area contributed by atoms with Gasteiger partial charge >= 0.3 is 6.61 Å². The lowest BCUT2D eigenvalue weighted by atomic mass is 9.83. The van der Waals surface area contributed by atoms with Crippen LogP contribution in [0.4, 0.5) is 14.5 Å². The monoisotopic (exact) mass is 339 g/mol. The number of hydrogen-bond acceptors (Lipinski definition) is 2. The van der Waals surface area contributed by atoms with Crippen molar-refractivity contribution in [2.45, 2.75) is 19.0 Å². The van der Waals surface area contributed by atoms with Crippen LogP contribution in [0.3, 0.4) is 0 Å². The molecule has 3 nitrogen and oxygen atoms in total. The second kappa shape index (κ2) is 6.16. The van der Waals surface area contributed by atoms with E-state index >= 15 is 0 Å². The number of benzene rings is 3. The van der Waals surface area contributed by atoms with Crippen molar-refractivity contribution in [3.05, 3.63) is 71.8 Å². The number of fused-ring (bicyclic) bond motifs is 3. The molecule has 1 N–H and O–H groups in total. The Morgan fingerprint density at radius 1 is 0.960 bits per heavy atom. The summed E-state index contributed by atoms with van der Waals surface area (Å²) in [7, 11) is 0. The molecule has 5 heteroatoms. The molecule has 0 saturated carbocycles. The average Bonchev–Trinajstić information content (AvgIpc) is 2.61. The molecule has 4 rings (SSSR count). The number of alkyl halides is 2. The first kappa shape index (κ1) is 15.6. The van der Waals surface area contributed by atoms with Crippen molar-refractivity contribution in [2.75, 3.05) is 5.32 Å². The smallest absolute Gasteiger partial charge is 0.387 e. The molecule has 0 spiro atoms. The van der Waals surface area contributed by atoms with Crippen molar-refractivity contribution in [3.8, 4) is 5.75 Å². The van der Waals surface area contributed by atoms with Gasteiger partial charge in [-0.05, 0) is 17.0 Å². The van der Waals surface area contributed by atoms with E-state index in [-0.39, 0.29) is 24.0 Å². The van der Waals surface area contributed by atoms with Crippen LogP contribution in [-0.2, 0) is 4.79 Å². The Bertz CT molecular complexity index is 955. The third kappa shape index (κ3) is 2.82. The van der Waals surface area contributed by atoms with E-state index < -0.39 is 6.61 Å². The number of ether oxygens (including phenoxy) is 1. The van der Waals surface area contributed by atoms with Gasteiger partial charge < -0.3 is 10.1 Å². The zero-order chi connectivity index (χ0) is 17.4. The maximum Gasteiger partial charge on any atom is 0.387 e. The van der Waals surface area contributed by atoms with E-state index in [1.54, 1.807) is 18.2 Å². The van der Waals surface area contributed by atoms with Gasteiger partial charge in [-0.25, -0.2) is 0 Å². The van der Waals surface area contributed by atoms with Crippen molar-refractivity contribution in [3.63, 3.8) is 0 Å². The molecule has 0 aromatic heterocycles. The summed E-state index contributed by atoms with van der Waals surface area (Å²) in [6.45, 7) is -2.91. The Balaban J connectivity index is 1.89. The lowest BCUT2D eigenvalue weighted by Gasteiger charge is -2.28. The minimum absolute atomic E-state index is 0.108. The van der Waals surface area contributed by atoms with Crippen molar-refractivity contribution < 1.29 is 18.3 Å². The van der Waals surface area contributed by atoms with Crippen LogP contribution in [0.25, 0.3) is 10.8 Å². The lowest BCUT2D eigenvalue weighted by molar-refractivity contribution is -0.116. The fourth-order valence-corrected chi connectivity index (χ4v) is 3.45. The molecule has 0 bridgehead atoms. The molecule has 0 fully saturated rings. The molecule has 126 valence electrons. The highest BCUT2D eigenvalue weighted by Gasteiger charge is 2.30. The summed E-state index contributed by atoms with van der Waals surface area (Å²) < 4.78 is 30.2. The van der Waals surface area contributed by atoms with Gasteiger partial charge in [0.1, 0.15) is 5.75 Å². The second-order valence-corrected chi connectivity index (χ2v) is 5.97. The Morgan fingerprint density at radius 3 is 2.56 bits per heavy atom. The van der Waals surface area contributed by atoms with Crippen LogP contribution in [0, 0.1) is 0 Å². The molecule has 1 unspecified atom stereocenters. The molecule has 25 heavy (non-hydrogen) atoms. The highest BCUT2D eigenvalue weighted by molar-refractivity contribution is 6.06. The summed E-state index contributed by atoms with van der Waals surface area (Å²) in [6, 6.07) is 18.3. The van der Waals surface area contributed by atoms with Crippen LogP contribution in [0.5, 0.6) is 5.75 Å². The number of para-hydroxylation sites is 1. The van der Waals surface area contributed by atoms with Crippen molar-refractivity contribution >= 4 is 22.4 Å². The van der Waals surface area contributed by atoms with Gasteiger partial charge in [0.25, 0.3) is 0 Å². The summed E-state index contributed by atoms with van der Waals surface area (Å²) in [5, 5.41) is 4.88. The molecule has 3 aromatic carbocycles. The molecular weight excluding hydrogens is 324 g/mol. The third-order valence-electron chi connectivity index (χ3n) is 4.50. The molecule has 1 atom stereocenters. The quantitative estimate of drug-likeness (QED) is 0.736. The van der Waals surface area contributed by atoms with Crippen molar-refractivity contribution in [1.29, 1.82) is 0 Å². The zero-order valence-corrected chi connectivity index (χ0v) is 13.2. The third-order valence-corrected chi connectivity index (χ3v) is 4.50. The van der Waals surface area contributed by atoms with Crippen LogP contribution < -0.4 is 10.1 Å². The van der Waals surface area contributed by atoms with Gasteiger partial charge in [0.15, 0.2) is 0 Å². The fraction of sp³-hybridized carbons (Fsp3) is 0.150. The van der Waals surface area contributed by atoms with E-state index in [1.807, 2.05) is 36.4 Å². The van der Waals surface area contributed by atoms with Gasteiger partial charge in [-0.15, -0.1) is 0 Å². The number of anilines is 1. The number of carbonyl (C=O) groups is 1. The SMILES string of the molecule is O=C1CC(c2ccccc2OC(F)F)c2ccc3ccccc3c2N1. The summed E-state index contributed by atoms with van der Waals surface area (Å²) in [5.41, 5.74) is 2.24. The molecule has 0 saturated heterocycles. The van der Waals surface area contributed by atoms with Crippen LogP contribution in [0.2, 0.25) is 0 Å². The number of halogens is 2. The predicted octanol–water partition coefficient (Wildman–Crippen LogP) is 4.92. The standard InChI is InChI=1S/C20H15F2NO2/c21-20(22)25-17-8-4-3-7-14(17)16-11-18(24)23-19-13-6-2-1-5-12(13)9-10-15(16)19/h1-10,16,20H,11H2,(H,23,24). The van der Waals surface area contributed by atoms with Crippen LogP contribution in [0.15, 0.2) is 60.7 Å². The number of carbonyl (C=O) groups excluding carboxylic acids is 1. The highest BCUT2D eigenvalue weighted by Crippen LogP contribution is 2.43. The van der Waals surface area contributed by atoms with Gasteiger partial charge in [0, 0.05) is 23.3 Å². The van der Waals surface area contributed by atoms with Gasteiger partial charge in [-0.1, -0.05) is 54.6 Å². The number of hydrogen-bond donors (Lipinski definition) is 1.